The molecular formula is C8H8N4O2S. The van der Waals surface area contributed by atoms with E-state index in [0.717, 1.165) is 0 Å². The molecule has 0 aliphatic carbocycles. The molecule has 2 heterocycles. The summed E-state index contributed by atoms with van der Waals surface area (Å²) < 4.78 is 4.76. The third-order valence-corrected chi connectivity index (χ3v) is 2.35. The molecule has 15 heavy (non-hydrogen) atoms. The van der Waals surface area contributed by atoms with E-state index < -0.39 is 0 Å². The van der Waals surface area contributed by atoms with Crippen molar-refractivity contribution in [1.29, 1.82) is 0 Å². The lowest BCUT2D eigenvalue weighted by Crippen LogP contribution is -2.11. The van der Waals surface area contributed by atoms with E-state index in [4.69, 9.17) is 4.74 Å². The normalized spacial score (nSPS) is 9.93. The number of rotatable bonds is 3. The summed E-state index contributed by atoms with van der Waals surface area (Å²) in [7, 11) is 1.45. The molecule has 2 aromatic rings. The molecule has 6 nitrogen and oxygen atoms in total. The van der Waals surface area contributed by atoms with Crippen molar-refractivity contribution in [2.45, 2.75) is 0 Å². The number of ether oxygens (including phenoxy) is 1. The van der Waals surface area contributed by atoms with Gasteiger partial charge in [0.05, 0.1) is 12.7 Å². The average molecular weight is 224 g/mol. The standard InChI is InChI=1S/C8H8N4O2S/c1-14-8-10-7(11-12-8)9-6(13)5-2-3-15-4-5/h2-4H,1H3,(H2,9,10,11,12,13). The fraction of sp³-hybridized carbons (Fsp3) is 0.125. The van der Waals surface area contributed by atoms with Crippen molar-refractivity contribution in [2.24, 2.45) is 0 Å². The molecule has 2 aromatic heterocycles. The third-order valence-electron chi connectivity index (χ3n) is 1.66. The molecule has 0 saturated carbocycles. The Labute approximate surface area is 89.3 Å². The number of aromatic nitrogens is 3. The number of carbonyl (C=O) groups is 1. The van der Waals surface area contributed by atoms with Crippen molar-refractivity contribution in [3.8, 4) is 6.01 Å². The van der Waals surface area contributed by atoms with Crippen molar-refractivity contribution < 1.29 is 9.53 Å². The van der Waals surface area contributed by atoms with Crippen LogP contribution >= 0.6 is 11.3 Å². The van der Waals surface area contributed by atoms with Crippen LogP contribution in [0.3, 0.4) is 0 Å². The molecule has 0 saturated heterocycles. The molecule has 0 fully saturated rings. The summed E-state index contributed by atoms with van der Waals surface area (Å²) in [5.74, 6) is 0.0399. The maximum absolute atomic E-state index is 11.5. The van der Waals surface area contributed by atoms with Crippen LogP contribution < -0.4 is 10.1 Å². The van der Waals surface area contributed by atoms with E-state index in [1.165, 1.54) is 18.4 Å². The van der Waals surface area contributed by atoms with Gasteiger partial charge in [0.25, 0.3) is 5.91 Å². The van der Waals surface area contributed by atoms with Crippen LogP contribution in [0.5, 0.6) is 6.01 Å². The topological polar surface area (TPSA) is 79.9 Å². The fourth-order valence-electron chi connectivity index (χ4n) is 0.967. The van der Waals surface area contributed by atoms with E-state index in [2.05, 4.69) is 20.5 Å². The number of methoxy groups -OCH3 is 1. The second-order valence-corrected chi connectivity index (χ2v) is 3.42. The number of aromatic amines is 1. The maximum atomic E-state index is 11.5. The molecule has 2 rings (SSSR count). The van der Waals surface area contributed by atoms with E-state index in [1.54, 1.807) is 11.4 Å². The summed E-state index contributed by atoms with van der Waals surface area (Å²) in [5, 5.41) is 12.4. The Morgan fingerprint density at radius 3 is 3.13 bits per heavy atom. The molecule has 0 bridgehead atoms. The lowest BCUT2D eigenvalue weighted by atomic mass is 10.3. The largest absolute Gasteiger partial charge is 0.466 e. The predicted molar refractivity (Wildman–Crippen MR) is 55.2 cm³/mol. The summed E-state index contributed by atoms with van der Waals surface area (Å²) in [4.78, 5) is 15.4. The van der Waals surface area contributed by atoms with Gasteiger partial charge in [-0.1, -0.05) is 0 Å². The van der Waals surface area contributed by atoms with E-state index >= 15 is 0 Å². The molecule has 0 spiro atoms. The van der Waals surface area contributed by atoms with Gasteiger partial charge in [-0.3, -0.25) is 10.1 Å². The summed E-state index contributed by atoms with van der Waals surface area (Å²) >= 11 is 1.46. The maximum Gasteiger partial charge on any atom is 0.336 e. The molecule has 78 valence electrons. The minimum atomic E-state index is -0.227. The number of hydrogen-bond donors (Lipinski definition) is 2. The van der Waals surface area contributed by atoms with Gasteiger partial charge in [0, 0.05) is 5.38 Å². The third kappa shape index (κ3) is 2.13. The minimum absolute atomic E-state index is 0.190. The molecule has 7 heteroatoms. The first kappa shape index (κ1) is 9.66. The number of amides is 1. The molecule has 0 aromatic carbocycles. The highest BCUT2D eigenvalue weighted by molar-refractivity contribution is 7.08. The van der Waals surface area contributed by atoms with E-state index in [-0.39, 0.29) is 17.9 Å². The molecule has 1 amide bonds. The van der Waals surface area contributed by atoms with Crippen molar-refractivity contribution in [2.75, 3.05) is 12.4 Å². The Morgan fingerprint density at radius 2 is 2.53 bits per heavy atom. The first-order chi connectivity index (χ1) is 7.29. The number of nitrogens with zero attached hydrogens (tertiary/aromatic N) is 2. The van der Waals surface area contributed by atoms with Crippen LogP contribution in [0.2, 0.25) is 0 Å². The van der Waals surface area contributed by atoms with E-state index in [9.17, 15) is 4.79 Å². The van der Waals surface area contributed by atoms with E-state index in [0.29, 0.717) is 5.56 Å². The van der Waals surface area contributed by atoms with Crippen LogP contribution in [-0.4, -0.2) is 28.2 Å². The monoisotopic (exact) mass is 224 g/mol. The van der Waals surface area contributed by atoms with Crippen LogP contribution in [0.15, 0.2) is 16.8 Å². The SMILES string of the molecule is COc1n[nH]c(NC(=O)c2ccsc2)n1. The lowest BCUT2D eigenvalue weighted by Gasteiger charge is -1.96. The number of anilines is 1. The van der Waals surface area contributed by atoms with Gasteiger partial charge in [0.2, 0.25) is 5.95 Å². The average Bonchev–Trinajstić information content (AvgIpc) is 2.87. The van der Waals surface area contributed by atoms with Gasteiger partial charge in [0.1, 0.15) is 0 Å². The van der Waals surface area contributed by atoms with E-state index in [1.807, 2.05) is 5.38 Å². The summed E-state index contributed by atoms with van der Waals surface area (Å²) in [6.45, 7) is 0. The fourth-order valence-corrected chi connectivity index (χ4v) is 1.60. The predicted octanol–water partition coefficient (Wildman–Crippen LogP) is 1.13. The molecule has 0 unspecified atom stereocenters. The quantitative estimate of drug-likeness (QED) is 0.818. The summed E-state index contributed by atoms with van der Waals surface area (Å²) in [5.41, 5.74) is 0.593. The zero-order valence-electron chi connectivity index (χ0n) is 7.85. The van der Waals surface area contributed by atoms with Crippen LogP contribution in [0.25, 0.3) is 0 Å². The highest BCUT2D eigenvalue weighted by atomic mass is 32.1. The summed E-state index contributed by atoms with van der Waals surface area (Å²) in [6, 6.07) is 1.92. The van der Waals surface area contributed by atoms with Gasteiger partial charge < -0.3 is 4.74 Å². The Bertz CT molecular complexity index is 451. The highest BCUT2D eigenvalue weighted by Gasteiger charge is 2.09. The Hall–Kier alpha value is -1.89. The molecular weight excluding hydrogens is 216 g/mol. The van der Waals surface area contributed by atoms with Crippen LogP contribution in [0.4, 0.5) is 5.95 Å². The molecule has 2 N–H and O–H groups in total. The van der Waals surface area contributed by atoms with Crippen molar-refractivity contribution in [3.05, 3.63) is 22.4 Å². The Morgan fingerprint density at radius 1 is 1.67 bits per heavy atom. The highest BCUT2D eigenvalue weighted by Crippen LogP contribution is 2.09. The van der Waals surface area contributed by atoms with Gasteiger partial charge in [-0.05, 0) is 11.4 Å². The van der Waals surface area contributed by atoms with Crippen molar-refractivity contribution in [1.82, 2.24) is 15.2 Å². The van der Waals surface area contributed by atoms with Crippen LogP contribution in [-0.2, 0) is 0 Å². The number of carbonyl (C=O) groups excluding carboxylic acids is 1. The zero-order chi connectivity index (χ0) is 10.7. The number of nitrogens with one attached hydrogen (secondary N) is 2. The smallest absolute Gasteiger partial charge is 0.336 e. The molecule has 0 radical (unpaired) electrons. The van der Waals surface area contributed by atoms with Gasteiger partial charge >= 0.3 is 6.01 Å². The molecule has 0 aliphatic rings. The first-order valence-electron chi connectivity index (χ1n) is 4.09. The van der Waals surface area contributed by atoms with Gasteiger partial charge in [-0.15, -0.1) is 5.10 Å². The van der Waals surface area contributed by atoms with Crippen molar-refractivity contribution >= 4 is 23.2 Å². The zero-order valence-corrected chi connectivity index (χ0v) is 8.67. The minimum Gasteiger partial charge on any atom is -0.466 e. The second kappa shape index (κ2) is 4.09. The Kier molecular flexibility index (Phi) is 2.64. The van der Waals surface area contributed by atoms with Crippen LogP contribution in [0.1, 0.15) is 10.4 Å². The molecule has 0 atom stereocenters. The van der Waals surface area contributed by atoms with Crippen molar-refractivity contribution in [3.63, 3.8) is 0 Å². The lowest BCUT2D eigenvalue weighted by molar-refractivity contribution is 0.102. The van der Waals surface area contributed by atoms with Gasteiger partial charge in [0.15, 0.2) is 0 Å². The number of hydrogen-bond acceptors (Lipinski definition) is 5. The summed E-state index contributed by atoms with van der Waals surface area (Å²) in [6.07, 6.45) is 0. The molecule has 0 aliphatic heterocycles. The Balaban J connectivity index is 2.06. The number of thiophene rings is 1. The van der Waals surface area contributed by atoms with Crippen LogP contribution in [0, 0.1) is 0 Å². The first-order valence-corrected chi connectivity index (χ1v) is 5.04. The van der Waals surface area contributed by atoms with Gasteiger partial charge in [-0.25, -0.2) is 5.10 Å². The van der Waals surface area contributed by atoms with Gasteiger partial charge in [-0.2, -0.15) is 16.3 Å². The second-order valence-electron chi connectivity index (χ2n) is 2.64. The number of H-pyrrole nitrogens is 1.